The van der Waals surface area contributed by atoms with Crippen LogP contribution in [0.3, 0.4) is 0 Å². The van der Waals surface area contributed by atoms with Crippen molar-refractivity contribution in [2.24, 2.45) is 0 Å². The van der Waals surface area contributed by atoms with Crippen LogP contribution in [-0.4, -0.2) is 51.4 Å². The lowest BCUT2D eigenvalue weighted by Crippen LogP contribution is -2.44. The Bertz CT molecular complexity index is 782. The molecule has 8 heteroatoms. The summed E-state index contributed by atoms with van der Waals surface area (Å²) in [4.78, 5) is 14.0. The summed E-state index contributed by atoms with van der Waals surface area (Å²) < 4.78 is 24.4. The number of amides is 1. The van der Waals surface area contributed by atoms with Crippen LogP contribution in [0.2, 0.25) is 5.02 Å². The fourth-order valence-corrected chi connectivity index (χ4v) is 4.85. The van der Waals surface area contributed by atoms with Crippen LogP contribution in [0.1, 0.15) is 39.3 Å². The number of hydrogen-bond acceptors (Lipinski definition) is 4. The Morgan fingerprint density at radius 2 is 1.93 bits per heavy atom. The summed E-state index contributed by atoms with van der Waals surface area (Å²) >= 11 is 6.38. The molecule has 146 valence electrons. The first-order valence-electron chi connectivity index (χ1n) is 8.98. The summed E-state index contributed by atoms with van der Waals surface area (Å²) in [6.45, 7) is 12.0. The van der Waals surface area contributed by atoms with E-state index in [1.54, 1.807) is 4.90 Å². The predicted molar refractivity (Wildman–Crippen MR) is 110 cm³/mol. The molecule has 0 bridgehead atoms. The van der Waals surface area contributed by atoms with Gasteiger partial charge in [0.1, 0.15) is 0 Å². The number of carbonyl (C=O) groups excluding carboxylic acids is 1. The second-order valence-corrected chi connectivity index (χ2v) is 10.0. The SMILES string of the molecule is C=CC(=O)N1CCS(=O)CC1c1cc(Cl)cc(B2OC(C)(C)C(C)(C)O2)c1. The predicted octanol–water partition coefficient (Wildman–Crippen LogP) is 2.46. The van der Waals surface area contributed by atoms with Gasteiger partial charge in [-0.1, -0.05) is 24.2 Å². The summed E-state index contributed by atoms with van der Waals surface area (Å²) in [7, 11) is -1.53. The molecule has 2 heterocycles. The zero-order chi connectivity index (χ0) is 20.0. The second kappa shape index (κ2) is 7.35. The number of nitrogens with zero attached hydrogens (tertiary/aromatic N) is 1. The van der Waals surface area contributed by atoms with E-state index in [4.69, 9.17) is 20.9 Å². The molecule has 1 aromatic carbocycles. The molecule has 0 aliphatic carbocycles. The van der Waals surface area contributed by atoms with Gasteiger partial charge in [0.25, 0.3) is 0 Å². The lowest BCUT2D eigenvalue weighted by Gasteiger charge is -2.35. The van der Waals surface area contributed by atoms with Crippen LogP contribution < -0.4 is 5.46 Å². The number of benzene rings is 1. The fraction of sp³-hybridized carbons (Fsp3) is 0.526. The van der Waals surface area contributed by atoms with Crippen molar-refractivity contribution >= 4 is 40.9 Å². The van der Waals surface area contributed by atoms with E-state index in [1.165, 1.54) is 6.08 Å². The molecule has 2 fully saturated rings. The maximum atomic E-state index is 12.3. The first kappa shape index (κ1) is 20.6. The van der Waals surface area contributed by atoms with Crippen molar-refractivity contribution in [1.29, 1.82) is 0 Å². The van der Waals surface area contributed by atoms with E-state index >= 15 is 0 Å². The zero-order valence-electron chi connectivity index (χ0n) is 16.2. The van der Waals surface area contributed by atoms with Gasteiger partial charge in [0, 0.05) is 33.9 Å². The number of hydrogen-bond donors (Lipinski definition) is 0. The quantitative estimate of drug-likeness (QED) is 0.568. The van der Waals surface area contributed by atoms with E-state index in [2.05, 4.69) is 6.58 Å². The molecule has 2 saturated heterocycles. The highest BCUT2D eigenvalue weighted by molar-refractivity contribution is 7.85. The van der Waals surface area contributed by atoms with Crippen molar-refractivity contribution in [2.45, 2.75) is 44.9 Å². The standard InChI is InChI=1S/C19H25BClNO4S/c1-6-17(23)22-7-8-27(24)12-16(22)13-9-14(11-15(21)10-13)20-25-18(2,3)19(4,5)26-20/h6,9-11,16H,1,7-8,12H2,2-5H3. The van der Waals surface area contributed by atoms with Crippen LogP contribution in [0, 0.1) is 0 Å². The Labute approximate surface area is 168 Å². The van der Waals surface area contributed by atoms with Gasteiger partial charge in [-0.25, -0.2) is 0 Å². The molecular formula is C19H25BClNO4S. The van der Waals surface area contributed by atoms with Gasteiger partial charge in [0.05, 0.1) is 17.2 Å². The van der Waals surface area contributed by atoms with Crippen LogP contribution >= 0.6 is 11.6 Å². The minimum absolute atomic E-state index is 0.172. The topological polar surface area (TPSA) is 55.8 Å². The van der Waals surface area contributed by atoms with Crippen LogP contribution in [0.25, 0.3) is 0 Å². The van der Waals surface area contributed by atoms with Gasteiger partial charge in [0.2, 0.25) is 5.91 Å². The van der Waals surface area contributed by atoms with Crippen molar-refractivity contribution < 1.29 is 18.3 Å². The number of carbonyl (C=O) groups is 1. The summed E-state index contributed by atoms with van der Waals surface area (Å²) in [6.07, 6.45) is 1.29. The van der Waals surface area contributed by atoms with E-state index in [9.17, 15) is 9.00 Å². The molecule has 0 aromatic heterocycles. The molecule has 0 N–H and O–H groups in total. The first-order valence-corrected chi connectivity index (χ1v) is 10.8. The largest absolute Gasteiger partial charge is 0.494 e. The average Bonchev–Trinajstić information content (AvgIpc) is 2.81. The average molecular weight is 410 g/mol. The van der Waals surface area contributed by atoms with E-state index < -0.39 is 29.1 Å². The third kappa shape index (κ3) is 4.02. The van der Waals surface area contributed by atoms with Crippen LogP contribution in [0.5, 0.6) is 0 Å². The number of rotatable bonds is 3. The molecule has 0 saturated carbocycles. The Hall–Kier alpha value is -1.15. The monoisotopic (exact) mass is 409 g/mol. The highest BCUT2D eigenvalue weighted by Crippen LogP contribution is 2.37. The Kier molecular flexibility index (Phi) is 5.61. The molecule has 2 aliphatic heterocycles. The molecule has 2 atom stereocenters. The Morgan fingerprint density at radius 1 is 1.30 bits per heavy atom. The van der Waals surface area contributed by atoms with Crippen LogP contribution in [-0.2, 0) is 24.9 Å². The van der Waals surface area contributed by atoms with E-state index in [0.717, 1.165) is 11.0 Å². The summed E-state index contributed by atoms with van der Waals surface area (Å²) in [5, 5.41) is 0.527. The first-order chi connectivity index (χ1) is 12.5. The third-order valence-electron chi connectivity index (χ3n) is 5.59. The minimum atomic E-state index is -0.984. The smallest absolute Gasteiger partial charge is 0.399 e. The second-order valence-electron chi connectivity index (χ2n) is 7.97. The molecular weight excluding hydrogens is 385 g/mol. The molecule has 2 aliphatic rings. The summed E-state index contributed by atoms with van der Waals surface area (Å²) in [6, 6.07) is 5.24. The molecule has 0 radical (unpaired) electrons. The highest BCUT2D eigenvalue weighted by Gasteiger charge is 2.51. The van der Waals surface area contributed by atoms with E-state index in [1.807, 2.05) is 45.9 Å². The van der Waals surface area contributed by atoms with E-state index in [0.29, 0.717) is 23.1 Å². The van der Waals surface area contributed by atoms with Crippen LogP contribution in [0.4, 0.5) is 0 Å². The molecule has 2 unspecified atom stereocenters. The van der Waals surface area contributed by atoms with Gasteiger partial charge < -0.3 is 14.2 Å². The summed E-state index contributed by atoms with van der Waals surface area (Å²) in [5.74, 6) is 0.678. The van der Waals surface area contributed by atoms with Crippen molar-refractivity contribution in [3.63, 3.8) is 0 Å². The third-order valence-corrected chi connectivity index (χ3v) is 7.13. The van der Waals surface area contributed by atoms with Gasteiger partial charge >= 0.3 is 7.12 Å². The Balaban J connectivity index is 1.96. The van der Waals surface area contributed by atoms with Gasteiger partial charge in [0.15, 0.2) is 0 Å². The molecule has 0 spiro atoms. The van der Waals surface area contributed by atoms with Crippen LogP contribution in [0.15, 0.2) is 30.9 Å². The molecule has 1 aromatic rings. The lowest BCUT2D eigenvalue weighted by molar-refractivity contribution is -0.127. The maximum absolute atomic E-state index is 12.3. The van der Waals surface area contributed by atoms with Gasteiger partial charge in [-0.15, -0.1) is 0 Å². The normalized spacial score (nSPS) is 26.9. The van der Waals surface area contributed by atoms with Crippen molar-refractivity contribution in [3.8, 4) is 0 Å². The molecule has 1 amide bonds. The van der Waals surface area contributed by atoms with Crippen molar-refractivity contribution in [2.75, 3.05) is 18.1 Å². The molecule has 27 heavy (non-hydrogen) atoms. The minimum Gasteiger partial charge on any atom is -0.399 e. The summed E-state index contributed by atoms with van der Waals surface area (Å²) in [5.41, 5.74) is 0.697. The van der Waals surface area contributed by atoms with Gasteiger partial charge in [-0.2, -0.15) is 0 Å². The molecule has 5 nitrogen and oxygen atoms in total. The number of halogens is 1. The van der Waals surface area contributed by atoms with Crippen molar-refractivity contribution in [1.82, 2.24) is 4.90 Å². The van der Waals surface area contributed by atoms with E-state index in [-0.39, 0.29) is 11.9 Å². The Morgan fingerprint density at radius 3 is 2.52 bits per heavy atom. The fourth-order valence-electron chi connectivity index (χ4n) is 3.31. The zero-order valence-corrected chi connectivity index (χ0v) is 17.7. The van der Waals surface area contributed by atoms with Crippen molar-refractivity contribution in [3.05, 3.63) is 41.4 Å². The molecule has 3 rings (SSSR count). The highest BCUT2D eigenvalue weighted by atomic mass is 35.5. The van der Waals surface area contributed by atoms with Gasteiger partial charge in [-0.05, 0) is 56.9 Å². The lowest BCUT2D eigenvalue weighted by atomic mass is 9.78. The van der Waals surface area contributed by atoms with Gasteiger partial charge in [-0.3, -0.25) is 9.00 Å². The maximum Gasteiger partial charge on any atom is 0.494 e.